The number of hydrogen-bond acceptors (Lipinski definition) is 4. The van der Waals surface area contributed by atoms with Crippen molar-refractivity contribution in [3.05, 3.63) is 36.2 Å². The largest absolute Gasteiger partial charge is 1.00 e. The first-order valence-electron chi connectivity index (χ1n) is 3.85. The van der Waals surface area contributed by atoms with Crippen LogP contribution in [0.15, 0.2) is 18.2 Å². The molecule has 0 atom stereocenters. The quantitative estimate of drug-likeness (QED) is 0.625. The number of nitrogens with zero attached hydrogens (tertiary/aromatic N) is 1. The molecule has 1 heterocycles. The van der Waals surface area contributed by atoms with Crippen molar-refractivity contribution in [2.24, 2.45) is 0 Å². The van der Waals surface area contributed by atoms with Gasteiger partial charge in [-0.1, -0.05) is 34.5 Å². The standard InChI is InChI=1S/C8H4Cl2N2S3.K.H2O/c9-5-2-1-4(3-6(5)10)12-8(14)15-7(13)11-12;;/h1-3H,(H,11,13);;1H2/q;+1;/p-1. The van der Waals surface area contributed by atoms with Gasteiger partial charge in [-0.15, -0.1) is 0 Å². The van der Waals surface area contributed by atoms with Crippen LogP contribution in [0.2, 0.25) is 10.0 Å². The second-order valence-corrected chi connectivity index (χ2v) is 5.83. The Hall–Kier alpha value is 1.40. The van der Waals surface area contributed by atoms with Crippen LogP contribution >= 0.6 is 59.0 Å². The van der Waals surface area contributed by atoms with Gasteiger partial charge >= 0.3 is 51.4 Å². The van der Waals surface area contributed by atoms with Gasteiger partial charge < -0.3 is 5.48 Å². The number of benzene rings is 1. The van der Waals surface area contributed by atoms with E-state index in [0.717, 1.165) is 5.69 Å². The third-order valence-electron chi connectivity index (χ3n) is 1.73. The maximum Gasteiger partial charge on any atom is 1.00 e. The van der Waals surface area contributed by atoms with Crippen molar-refractivity contribution < 1.29 is 56.9 Å². The SMILES string of the molecule is S=c1[nH]n(-c2ccc(Cl)c(Cl)c2)c(=S)s1.[K+].[OH-]. The molecule has 86 valence electrons. The Morgan fingerprint density at radius 3 is 2.29 bits per heavy atom. The molecule has 1 aromatic carbocycles. The third-order valence-corrected chi connectivity index (χ3v) is 3.87. The van der Waals surface area contributed by atoms with Crippen LogP contribution < -0.4 is 51.4 Å². The molecule has 17 heavy (non-hydrogen) atoms. The summed E-state index contributed by atoms with van der Waals surface area (Å²) in [6.07, 6.45) is 0. The zero-order valence-electron chi connectivity index (χ0n) is 8.61. The van der Waals surface area contributed by atoms with Crippen LogP contribution in [0.4, 0.5) is 0 Å². The summed E-state index contributed by atoms with van der Waals surface area (Å²) in [6.45, 7) is 0. The maximum atomic E-state index is 5.91. The minimum atomic E-state index is 0. The summed E-state index contributed by atoms with van der Waals surface area (Å²) in [6, 6.07) is 5.27. The fourth-order valence-corrected chi connectivity index (χ4v) is 2.80. The minimum absolute atomic E-state index is 0. The normalized spacial score (nSPS) is 9.29. The molecule has 9 heteroatoms. The molecule has 2 N–H and O–H groups in total. The van der Waals surface area contributed by atoms with Gasteiger partial charge in [0.1, 0.15) is 0 Å². The minimum Gasteiger partial charge on any atom is -0.870 e. The van der Waals surface area contributed by atoms with Crippen molar-refractivity contribution in [1.29, 1.82) is 0 Å². The molecular formula is C8H5Cl2KN2OS3. The predicted octanol–water partition coefficient (Wildman–Crippen LogP) is 1.46. The number of rotatable bonds is 1. The van der Waals surface area contributed by atoms with Gasteiger partial charge in [0, 0.05) is 0 Å². The molecule has 0 saturated heterocycles. The van der Waals surface area contributed by atoms with Gasteiger partial charge in [-0.3, -0.25) is 5.10 Å². The van der Waals surface area contributed by atoms with E-state index in [4.69, 9.17) is 47.6 Å². The van der Waals surface area contributed by atoms with E-state index in [0.29, 0.717) is 18.0 Å². The van der Waals surface area contributed by atoms with Gasteiger partial charge in [0.05, 0.1) is 15.7 Å². The molecule has 0 bridgehead atoms. The summed E-state index contributed by atoms with van der Waals surface area (Å²) in [5.41, 5.74) is 0.821. The van der Waals surface area contributed by atoms with E-state index in [1.165, 1.54) is 11.3 Å². The van der Waals surface area contributed by atoms with Crippen molar-refractivity contribution in [3.63, 3.8) is 0 Å². The molecule has 0 spiro atoms. The second-order valence-electron chi connectivity index (χ2n) is 2.70. The number of aromatic nitrogens is 2. The van der Waals surface area contributed by atoms with E-state index in [-0.39, 0.29) is 56.9 Å². The molecule has 0 radical (unpaired) electrons. The van der Waals surface area contributed by atoms with Crippen LogP contribution in [0.1, 0.15) is 0 Å². The number of aromatic amines is 1. The van der Waals surface area contributed by atoms with Gasteiger partial charge in [0.2, 0.25) is 0 Å². The molecule has 0 unspecified atom stereocenters. The molecule has 2 rings (SSSR count). The first kappa shape index (κ1) is 18.4. The van der Waals surface area contributed by atoms with Gasteiger partial charge in [-0.25, -0.2) is 4.68 Å². The Balaban J connectivity index is 0.00000128. The number of nitrogens with one attached hydrogen (secondary N) is 1. The van der Waals surface area contributed by atoms with Gasteiger partial charge in [0.25, 0.3) is 0 Å². The molecule has 0 aliphatic rings. The fourth-order valence-electron chi connectivity index (χ4n) is 1.08. The first-order valence-corrected chi connectivity index (χ1v) is 6.24. The van der Waals surface area contributed by atoms with E-state index < -0.39 is 0 Å². The van der Waals surface area contributed by atoms with Crippen LogP contribution in [-0.2, 0) is 0 Å². The molecule has 0 amide bonds. The zero-order valence-corrected chi connectivity index (χ0v) is 15.7. The summed E-state index contributed by atoms with van der Waals surface area (Å²) in [5.74, 6) is 0. The van der Waals surface area contributed by atoms with Crippen LogP contribution in [0, 0.1) is 7.91 Å². The van der Waals surface area contributed by atoms with Crippen LogP contribution in [-0.4, -0.2) is 15.3 Å². The summed E-state index contributed by atoms with van der Waals surface area (Å²) < 4.78 is 2.98. The second kappa shape index (κ2) is 7.86. The average molecular weight is 351 g/mol. The van der Waals surface area contributed by atoms with Gasteiger partial charge in [-0.2, -0.15) is 0 Å². The summed E-state index contributed by atoms with van der Waals surface area (Å²) in [7, 11) is 0. The first-order chi connectivity index (χ1) is 7.08. The number of halogens is 2. The Bertz CT molecular complexity index is 622. The molecule has 0 fully saturated rings. The van der Waals surface area contributed by atoms with Crippen molar-refractivity contribution in [2.75, 3.05) is 0 Å². The molecular weight excluding hydrogens is 346 g/mol. The summed E-state index contributed by atoms with van der Waals surface area (Å²) in [5, 5.41) is 3.95. The predicted molar refractivity (Wildman–Crippen MR) is 71.6 cm³/mol. The summed E-state index contributed by atoms with van der Waals surface area (Å²) in [4.78, 5) is 0. The smallest absolute Gasteiger partial charge is 0.870 e. The zero-order chi connectivity index (χ0) is 11.0. The molecule has 1 aromatic heterocycles. The van der Waals surface area contributed by atoms with Crippen LogP contribution in [0.25, 0.3) is 5.69 Å². The number of H-pyrrole nitrogens is 1. The van der Waals surface area contributed by atoms with E-state index >= 15 is 0 Å². The van der Waals surface area contributed by atoms with Crippen molar-refractivity contribution >= 4 is 59.0 Å². The van der Waals surface area contributed by atoms with Crippen molar-refractivity contribution in [2.45, 2.75) is 0 Å². The number of hydrogen-bond donors (Lipinski definition) is 1. The topological polar surface area (TPSA) is 50.7 Å². The fraction of sp³-hybridized carbons (Fsp3) is 0. The third kappa shape index (κ3) is 4.46. The van der Waals surface area contributed by atoms with Crippen molar-refractivity contribution in [1.82, 2.24) is 9.78 Å². The Morgan fingerprint density at radius 2 is 1.82 bits per heavy atom. The molecule has 0 aliphatic carbocycles. The average Bonchev–Trinajstić information content (AvgIpc) is 2.50. The summed E-state index contributed by atoms with van der Waals surface area (Å²) >= 11 is 23.2. The Labute approximate surface area is 164 Å². The van der Waals surface area contributed by atoms with E-state index in [1.54, 1.807) is 16.8 Å². The van der Waals surface area contributed by atoms with Gasteiger partial charge in [-0.05, 0) is 42.6 Å². The van der Waals surface area contributed by atoms with Crippen LogP contribution in [0.5, 0.6) is 0 Å². The van der Waals surface area contributed by atoms with E-state index in [9.17, 15) is 0 Å². The van der Waals surface area contributed by atoms with E-state index in [2.05, 4.69) is 5.10 Å². The molecule has 0 saturated carbocycles. The Kier molecular flexibility index (Phi) is 8.50. The Morgan fingerprint density at radius 1 is 1.18 bits per heavy atom. The molecule has 3 nitrogen and oxygen atoms in total. The van der Waals surface area contributed by atoms with Crippen molar-refractivity contribution in [3.8, 4) is 5.69 Å². The monoisotopic (exact) mass is 350 g/mol. The maximum absolute atomic E-state index is 5.91. The van der Waals surface area contributed by atoms with Crippen LogP contribution in [0.3, 0.4) is 0 Å². The molecule has 2 aromatic rings. The molecule has 0 aliphatic heterocycles. The van der Waals surface area contributed by atoms with E-state index in [1.807, 2.05) is 6.07 Å². The van der Waals surface area contributed by atoms with Gasteiger partial charge in [0.15, 0.2) is 7.91 Å².